The summed E-state index contributed by atoms with van der Waals surface area (Å²) in [4.78, 5) is 32.8. The van der Waals surface area contributed by atoms with Gasteiger partial charge in [0.2, 0.25) is 23.9 Å². The van der Waals surface area contributed by atoms with Gasteiger partial charge in [0.1, 0.15) is 0 Å². The molecule has 7 nitrogen and oxygen atoms in total. The summed E-state index contributed by atoms with van der Waals surface area (Å²) in [6.45, 7) is 11.2. The first-order valence-electron chi connectivity index (χ1n) is 8.13. The average Bonchev–Trinajstić information content (AvgIpc) is 2.68. The van der Waals surface area contributed by atoms with Gasteiger partial charge in [-0.25, -0.2) is 0 Å². The van der Waals surface area contributed by atoms with Crippen LogP contribution in [-0.4, -0.2) is 43.8 Å². The molecule has 26 heavy (non-hydrogen) atoms. The van der Waals surface area contributed by atoms with Crippen molar-refractivity contribution in [1.82, 2.24) is 10.6 Å². The molecule has 0 saturated carbocycles. The normalized spacial score (nSPS) is 9.50. The molecule has 1 aromatic rings. The monoisotopic (exact) mass is 362 g/mol. The minimum absolute atomic E-state index is 0.0930. The van der Waals surface area contributed by atoms with Gasteiger partial charge in [0, 0.05) is 18.8 Å². The molecule has 0 atom stereocenters. The highest BCUT2D eigenvalue weighted by molar-refractivity contribution is 5.98. The van der Waals surface area contributed by atoms with Crippen molar-refractivity contribution in [1.29, 1.82) is 0 Å². The second kappa shape index (κ2) is 14.6. The quantitative estimate of drug-likeness (QED) is 0.376. The maximum absolute atomic E-state index is 11.9. The number of hydrogen-bond donors (Lipinski definition) is 2. The van der Waals surface area contributed by atoms with Crippen molar-refractivity contribution < 1.29 is 23.9 Å². The van der Waals surface area contributed by atoms with Crippen LogP contribution in [0.3, 0.4) is 0 Å². The zero-order chi connectivity index (χ0) is 19.8. The SMILES string of the molecule is C=CC(=O)NCNC(=O)C=C.CCOC(OCC)C(=O)c1ccccc1. The molecule has 2 N–H and O–H groups in total. The van der Waals surface area contributed by atoms with Gasteiger partial charge in [-0.3, -0.25) is 14.4 Å². The fraction of sp³-hybridized carbons (Fsp3) is 0.316. The number of hydrogen-bond acceptors (Lipinski definition) is 5. The lowest BCUT2D eigenvalue weighted by atomic mass is 10.1. The number of rotatable bonds is 10. The third kappa shape index (κ3) is 10.2. The molecule has 0 aliphatic carbocycles. The maximum Gasteiger partial charge on any atom is 0.244 e. The van der Waals surface area contributed by atoms with Gasteiger partial charge in [-0.05, 0) is 26.0 Å². The lowest BCUT2D eigenvalue weighted by Crippen LogP contribution is -2.35. The van der Waals surface area contributed by atoms with Crippen LogP contribution in [0.5, 0.6) is 0 Å². The molecule has 0 aliphatic heterocycles. The van der Waals surface area contributed by atoms with Crippen LogP contribution >= 0.6 is 0 Å². The summed E-state index contributed by atoms with van der Waals surface area (Å²) in [5, 5.41) is 4.72. The van der Waals surface area contributed by atoms with E-state index in [-0.39, 0.29) is 24.3 Å². The van der Waals surface area contributed by atoms with E-state index in [1.54, 1.807) is 12.1 Å². The highest BCUT2D eigenvalue weighted by Gasteiger charge is 2.19. The fourth-order valence-corrected chi connectivity index (χ4v) is 1.60. The highest BCUT2D eigenvalue weighted by Crippen LogP contribution is 2.07. The van der Waals surface area contributed by atoms with Crippen LogP contribution in [0.2, 0.25) is 0 Å². The molecule has 0 spiro atoms. The zero-order valence-corrected chi connectivity index (χ0v) is 15.2. The molecule has 7 heteroatoms. The number of amides is 2. The van der Waals surface area contributed by atoms with Crippen LogP contribution in [-0.2, 0) is 19.1 Å². The summed E-state index contributed by atoms with van der Waals surface area (Å²) in [6.07, 6.45) is 1.47. The Labute approximate surface area is 154 Å². The molecule has 0 bridgehead atoms. The number of nitrogens with one attached hydrogen (secondary N) is 2. The lowest BCUT2D eigenvalue weighted by molar-refractivity contribution is -0.118. The highest BCUT2D eigenvalue weighted by atomic mass is 16.7. The number of benzene rings is 1. The van der Waals surface area contributed by atoms with E-state index in [4.69, 9.17) is 9.47 Å². The summed E-state index contributed by atoms with van der Waals surface area (Å²) in [5.41, 5.74) is 0.615. The molecule has 142 valence electrons. The first-order chi connectivity index (χ1) is 12.5. The van der Waals surface area contributed by atoms with Crippen molar-refractivity contribution >= 4 is 17.6 Å². The van der Waals surface area contributed by atoms with Crippen LogP contribution in [0.25, 0.3) is 0 Å². The third-order valence-electron chi connectivity index (χ3n) is 2.80. The van der Waals surface area contributed by atoms with Crippen molar-refractivity contribution in [3.63, 3.8) is 0 Å². The van der Waals surface area contributed by atoms with Gasteiger partial charge in [0.15, 0.2) is 0 Å². The molecule has 2 amide bonds. The number of ether oxygens (including phenoxy) is 2. The Kier molecular flexibility index (Phi) is 13.0. The van der Waals surface area contributed by atoms with E-state index in [1.807, 2.05) is 32.0 Å². The van der Waals surface area contributed by atoms with E-state index in [9.17, 15) is 14.4 Å². The summed E-state index contributed by atoms with van der Waals surface area (Å²) in [7, 11) is 0. The Hall–Kier alpha value is -2.77. The summed E-state index contributed by atoms with van der Waals surface area (Å²) in [5.74, 6) is -0.775. The third-order valence-corrected chi connectivity index (χ3v) is 2.80. The van der Waals surface area contributed by atoms with Gasteiger partial charge >= 0.3 is 0 Å². The molecule has 0 heterocycles. The van der Waals surface area contributed by atoms with E-state index in [1.165, 1.54) is 0 Å². The second-order valence-electron chi connectivity index (χ2n) is 4.64. The largest absolute Gasteiger partial charge is 0.346 e. The molecule has 1 rings (SSSR count). The van der Waals surface area contributed by atoms with Crippen molar-refractivity contribution in [3.8, 4) is 0 Å². The number of carbonyl (C=O) groups is 3. The van der Waals surface area contributed by atoms with E-state index in [2.05, 4.69) is 23.8 Å². The Morgan fingerprint density at radius 2 is 1.42 bits per heavy atom. The van der Waals surface area contributed by atoms with Crippen LogP contribution in [0, 0.1) is 0 Å². The van der Waals surface area contributed by atoms with Gasteiger partial charge in [-0.1, -0.05) is 43.5 Å². The lowest BCUT2D eigenvalue weighted by Gasteiger charge is -2.15. The van der Waals surface area contributed by atoms with Crippen molar-refractivity contribution in [3.05, 3.63) is 61.2 Å². The van der Waals surface area contributed by atoms with Gasteiger partial charge in [0.05, 0.1) is 6.67 Å². The van der Waals surface area contributed by atoms with Gasteiger partial charge < -0.3 is 20.1 Å². The standard InChI is InChI=1S/C12H16O3.C7H10N2O2/c1-3-14-12(15-4-2)11(13)10-8-6-5-7-9-10;1-3-6(10)8-5-9-7(11)4-2/h5-9,12H,3-4H2,1-2H3;3-4H,1-2,5H2,(H,8,10)(H,9,11). The average molecular weight is 362 g/mol. The summed E-state index contributed by atoms with van der Waals surface area (Å²) >= 11 is 0. The van der Waals surface area contributed by atoms with Crippen LogP contribution in [0.1, 0.15) is 24.2 Å². The molecular weight excluding hydrogens is 336 g/mol. The Bertz CT molecular complexity index is 561. The van der Waals surface area contributed by atoms with Crippen molar-refractivity contribution in [2.75, 3.05) is 19.9 Å². The molecule has 0 aromatic heterocycles. The first kappa shape index (κ1) is 23.2. The molecule has 0 unspecified atom stereocenters. The molecule has 0 fully saturated rings. The molecule has 1 aromatic carbocycles. The second-order valence-corrected chi connectivity index (χ2v) is 4.64. The van der Waals surface area contributed by atoms with Crippen molar-refractivity contribution in [2.45, 2.75) is 20.1 Å². The predicted molar refractivity (Wildman–Crippen MR) is 99.4 cm³/mol. The Balaban J connectivity index is 0.000000508. The van der Waals surface area contributed by atoms with Crippen molar-refractivity contribution in [2.24, 2.45) is 0 Å². The smallest absolute Gasteiger partial charge is 0.244 e. The van der Waals surface area contributed by atoms with Crippen LogP contribution < -0.4 is 10.6 Å². The summed E-state index contributed by atoms with van der Waals surface area (Å²) < 4.78 is 10.5. The molecule has 0 aliphatic rings. The fourth-order valence-electron chi connectivity index (χ4n) is 1.60. The van der Waals surface area contributed by atoms with E-state index >= 15 is 0 Å². The number of ketones is 1. The Morgan fingerprint density at radius 3 is 1.81 bits per heavy atom. The Morgan fingerprint density at radius 1 is 0.962 bits per heavy atom. The number of carbonyl (C=O) groups excluding carboxylic acids is 3. The van der Waals surface area contributed by atoms with Crippen LogP contribution in [0.4, 0.5) is 0 Å². The topological polar surface area (TPSA) is 93.7 Å². The first-order valence-corrected chi connectivity index (χ1v) is 8.13. The van der Waals surface area contributed by atoms with E-state index < -0.39 is 6.29 Å². The summed E-state index contributed by atoms with van der Waals surface area (Å²) in [6, 6.07) is 9.03. The van der Waals surface area contributed by atoms with E-state index in [0.29, 0.717) is 18.8 Å². The van der Waals surface area contributed by atoms with Gasteiger partial charge in [-0.2, -0.15) is 0 Å². The maximum atomic E-state index is 11.9. The number of Topliss-reactive ketones (excluding diaryl/α,β-unsaturated/α-hetero) is 1. The molecule has 0 saturated heterocycles. The predicted octanol–water partition coefficient (Wildman–Crippen LogP) is 1.82. The molecule has 0 radical (unpaired) electrons. The van der Waals surface area contributed by atoms with Gasteiger partial charge in [0.25, 0.3) is 0 Å². The van der Waals surface area contributed by atoms with Gasteiger partial charge in [-0.15, -0.1) is 0 Å². The van der Waals surface area contributed by atoms with Crippen LogP contribution in [0.15, 0.2) is 55.6 Å². The van der Waals surface area contributed by atoms with E-state index in [0.717, 1.165) is 12.2 Å². The molecular formula is C19H26N2O5. The minimum Gasteiger partial charge on any atom is -0.346 e. The minimum atomic E-state index is -0.776. The zero-order valence-electron chi connectivity index (χ0n) is 15.2.